The van der Waals surface area contributed by atoms with Crippen LogP contribution >= 0.6 is 0 Å². The van der Waals surface area contributed by atoms with Gasteiger partial charge in [-0.3, -0.25) is 14.9 Å². The van der Waals surface area contributed by atoms with Gasteiger partial charge in [-0.1, -0.05) is 25.5 Å². The van der Waals surface area contributed by atoms with E-state index in [4.69, 9.17) is 14.6 Å². The Morgan fingerprint density at radius 2 is 1.71 bits per heavy atom. The molecule has 1 aromatic carbocycles. The van der Waals surface area contributed by atoms with E-state index in [2.05, 4.69) is 6.92 Å². The van der Waals surface area contributed by atoms with Crippen molar-refractivity contribution in [3.63, 3.8) is 0 Å². The van der Waals surface area contributed by atoms with E-state index in [9.17, 15) is 30.0 Å². The monoisotopic (exact) mass is 441 g/mol. The number of ether oxygens (including phenoxy) is 2. The van der Waals surface area contributed by atoms with Crippen molar-refractivity contribution in [3.05, 3.63) is 35.9 Å². The van der Waals surface area contributed by atoms with Crippen molar-refractivity contribution in [1.82, 2.24) is 5.32 Å². The normalized spacial score (nSPS) is 15.3. The Hall–Kier alpha value is -2.34. The SMILES string of the molecule is CCCCOCCOc1ccc(C=CC(=O)NC(=O)[C@H](O)[C@@H](O)[C@H](O)[C@H](O)CO)cc1. The molecular weight excluding hydrogens is 410 g/mol. The molecule has 0 saturated heterocycles. The van der Waals surface area contributed by atoms with E-state index >= 15 is 0 Å². The van der Waals surface area contributed by atoms with Crippen molar-refractivity contribution in [2.75, 3.05) is 26.4 Å². The molecule has 0 heterocycles. The lowest BCUT2D eigenvalue weighted by atomic mass is 10.0. The Balaban J connectivity index is 2.45. The number of aliphatic hydroxyl groups excluding tert-OH is 5. The molecule has 0 aliphatic carbocycles. The van der Waals surface area contributed by atoms with Crippen molar-refractivity contribution in [3.8, 4) is 5.75 Å². The summed E-state index contributed by atoms with van der Waals surface area (Å²) < 4.78 is 10.9. The van der Waals surface area contributed by atoms with Crippen LogP contribution in [0.3, 0.4) is 0 Å². The third kappa shape index (κ3) is 10.0. The summed E-state index contributed by atoms with van der Waals surface area (Å²) in [5.41, 5.74) is 0.649. The van der Waals surface area contributed by atoms with Gasteiger partial charge in [0.05, 0.1) is 13.2 Å². The molecule has 6 N–H and O–H groups in total. The number of aliphatic hydroxyl groups is 5. The van der Waals surface area contributed by atoms with Crippen LogP contribution < -0.4 is 10.1 Å². The zero-order valence-corrected chi connectivity index (χ0v) is 17.4. The molecule has 4 atom stereocenters. The van der Waals surface area contributed by atoms with Crippen LogP contribution in [0.2, 0.25) is 0 Å². The first kappa shape index (κ1) is 26.7. The molecule has 31 heavy (non-hydrogen) atoms. The molecule has 10 heteroatoms. The van der Waals surface area contributed by atoms with E-state index in [1.165, 1.54) is 6.08 Å². The molecule has 0 spiro atoms. The molecular formula is C21H31NO9. The van der Waals surface area contributed by atoms with Gasteiger partial charge in [0, 0.05) is 12.7 Å². The fraction of sp³-hybridized carbons (Fsp3) is 0.524. The van der Waals surface area contributed by atoms with Crippen LogP contribution in [-0.2, 0) is 14.3 Å². The highest BCUT2D eigenvalue weighted by Crippen LogP contribution is 2.13. The van der Waals surface area contributed by atoms with Gasteiger partial charge in [0.2, 0.25) is 0 Å². The summed E-state index contributed by atoms with van der Waals surface area (Å²) in [5.74, 6) is -1.49. The molecule has 2 amide bonds. The highest BCUT2D eigenvalue weighted by atomic mass is 16.5. The van der Waals surface area contributed by atoms with Gasteiger partial charge in [-0.2, -0.15) is 0 Å². The summed E-state index contributed by atoms with van der Waals surface area (Å²) in [5, 5.41) is 48.6. The molecule has 1 aromatic rings. The minimum absolute atomic E-state index is 0.418. The smallest absolute Gasteiger partial charge is 0.258 e. The maximum absolute atomic E-state index is 11.8. The van der Waals surface area contributed by atoms with Gasteiger partial charge in [0.1, 0.15) is 30.7 Å². The second kappa shape index (κ2) is 14.6. The van der Waals surface area contributed by atoms with Gasteiger partial charge in [0.25, 0.3) is 11.8 Å². The molecule has 0 aliphatic rings. The van der Waals surface area contributed by atoms with E-state index in [1.807, 2.05) is 5.32 Å². The number of rotatable bonds is 14. The summed E-state index contributed by atoms with van der Waals surface area (Å²) in [6.45, 7) is 2.82. The molecule has 10 nitrogen and oxygen atoms in total. The zero-order chi connectivity index (χ0) is 23.2. The Morgan fingerprint density at radius 3 is 2.32 bits per heavy atom. The highest BCUT2D eigenvalue weighted by molar-refractivity contribution is 6.04. The van der Waals surface area contributed by atoms with Crippen molar-refractivity contribution in [1.29, 1.82) is 0 Å². The number of carbonyl (C=O) groups excluding carboxylic acids is 2. The van der Waals surface area contributed by atoms with Gasteiger partial charge in [-0.05, 0) is 30.2 Å². The van der Waals surface area contributed by atoms with Crippen molar-refractivity contribution < 1.29 is 44.6 Å². The Labute approximate surface area is 180 Å². The van der Waals surface area contributed by atoms with Gasteiger partial charge in [0.15, 0.2) is 6.10 Å². The van der Waals surface area contributed by atoms with Crippen LogP contribution in [-0.4, -0.2) is 88.2 Å². The number of amides is 2. The average molecular weight is 441 g/mol. The number of hydrogen-bond donors (Lipinski definition) is 6. The summed E-state index contributed by atoms with van der Waals surface area (Å²) >= 11 is 0. The fourth-order valence-corrected chi connectivity index (χ4v) is 2.33. The topological polar surface area (TPSA) is 166 Å². The Morgan fingerprint density at radius 1 is 1.03 bits per heavy atom. The molecule has 0 bridgehead atoms. The first-order chi connectivity index (χ1) is 14.8. The molecule has 0 saturated carbocycles. The Bertz CT molecular complexity index is 693. The number of hydrogen-bond acceptors (Lipinski definition) is 9. The standard InChI is InChI=1S/C21H31NO9/c1-2-3-10-30-11-12-31-15-7-4-14(5-8-15)6-9-17(25)22-21(29)20(28)19(27)18(26)16(24)13-23/h4-9,16,18-20,23-24,26-28H,2-3,10-13H2,1H3,(H,22,25,29)/t16-,18-,19+,20-/m1/s1. The number of benzene rings is 1. The highest BCUT2D eigenvalue weighted by Gasteiger charge is 2.34. The predicted octanol–water partition coefficient (Wildman–Crippen LogP) is -1.03. The largest absolute Gasteiger partial charge is 0.491 e. The molecule has 174 valence electrons. The molecule has 0 unspecified atom stereocenters. The molecule has 0 aromatic heterocycles. The van der Waals surface area contributed by atoms with Gasteiger partial charge >= 0.3 is 0 Å². The molecule has 1 rings (SSSR count). The van der Waals surface area contributed by atoms with E-state index in [1.54, 1.807) is 24.3 Å². The number of nitrogens with one attached hydrogen (secondary N) is 1. The minimum atomic E-state index is -2.18. The van der Waals surface area contributed by atoms with Crippen molar-refractivity contribution in [2.24, 2.45) is 0 Å². The third-order valence-corrected chi connectivity index (χ3v) is 4.22. The van der Waals surface area contributed by atoms with E-state index in [0.717, 1.165) is 18.9 Å². The molecule has 0 aliphatic heterocycles. The first-order valence-electron chi connectivity index (χ1n) is 9.96. The van der Waals surface area contributed by atoms with Crippen LogP contribution in [0.15, 0.2) is 30.3 Å². The lowest BCUT2D eigenvalue weighted by molar-refractivity contribution is -0.150. The molecule has 0 fully saturated rings. The van der Waals surface area contributed by atoms with Crippen LogP contribution in [0.1, 0.15) is 25.3 Å². The number of imide groups is 1. The van der Waals surface area contributed by atoms with Crippen LogP contribution in [0.25, 0.3) is 6.08 Å². The fourth-order valence-electron chi connectivity index (χ4n) is 2.33. The second-order valence-corrected chi connectivity index (χ2v) is 6.75. The van der Waals surface area contributed by atoms with Gasteiger partial charge in [-0.25, -0.2) is 0 Å². The summed E-state index contributed by atoms with van der Waals surface area (Å²) in [6.07, 6.45) is -3.45. The van der Waals surface area contributed by atoms with Gasteiger partial charge in [-0.15, -0.1) is 0 Å². The number of unbranched alkanes of at least 4 members (excludes halogenated alkanes) is 1. The van der Waals surface area contributed by atoms with E-state index < -0.39 is 42.8 Å². The van der Waals surface area contributed by atoms with E-state index in [0.29, 0.717) is 31.1 Å². The lowest BCUT2D eigenvalue weighted by Gasteiger charge is -2.24. The maximum atomic E-state index is 11.8. The Kier molecular flexibility index (Phi) is 12.6. The van der Waals surface area contributed by atoms with Crippen LogP contribution in [0.4, 0.5) is 0 Å². The average Bonchev–Trinajstić information content (AvgIpc) is 2.78. The van der Waals surface area contributed by atoms with Crippen LogP contribution in [0.5, 0.6) is 5.75 Å². The van der Waals surface area contributed by atoms with Crippen molar-refractivity contribution >= 4 is 17.9 Å². The first-order valence-corrected chi connectivity index (χ1v) is 9.96. The van der Waals surface area contributed by atoms with Gasteiger partial charge < -0.3 is 35.0 Å². The summed E-state index contributed by atoms with van der Waals surface area (Å²) in [6, 6.07) is 6.82. The third-order valence-electron chi connectivity index (χ3n) is 4.22. The zero-order valence-electron chi connectivity index (χ0n) is 17.4. The predicted molar refractivity (Wildman–Crippen MR) is 111 cm³/mol. The van der Waals surface area contributed by atoms with E-state index in [-0.39, 0.29) is 0 Å². The second-order valence-electron chi connectivity index (χ2n) is 6.75. The van der Waals surface area contributed by atoms with Crippen LogP contribution in [0, 0.1) is 0 Å². The number of carbonyl (C=O) groups is 2. The maximum Gasteiger partial charge on any atom is 0.258 e. The molecule has 0 radical (unpaired) electrons. The van der Waals surface area contributed by atoms with Crippen molar-refractivity contribution in [2.45, 2.75) is 44.2 Å². The minimum Gasteiger partial charge on any atom is -0.491 e. The quantitative estimate of drug-likeness (QED) is 0.156. The summed E-state index contributed by atoms with van der Waals surface area (Å²) in [7, 11) is 0. The lowest BCUT2D eigenvalue weighted by Crippen LogP contribution is -2.52. The summed E-state index contributed by atoms with van der Waals surface area (Å²) in [4.78, 5) is 23.6.